The van der Waals surface area contributed by atoms with Crippen molar-refractivity contribution in [2.24, 2.45) is 35.5 Å². The quantitative estimate of drug-likeness (QED) is 0.349. The summed E-state index contributed by atoms with van der Waals surface area (Å²) in [6.45, 7) is 4.75. The zero-order valence-corrected chi connectivity index (χ0v) is 19.6. The maximum atomic E-state index is 2.38. The fourth-order valence-corrected chi connectivity index (χ4v) is 7.41. The summed E-state index contributed by atoms with van der Waals surface area (Å²) in [7, 11) is 0. The molecule has 1 unspecified atom stereocenters. The summed E-state index contributed by atoms with van der Waals surface area (Å²) in [6, 6.07) is 0. The molecule has 3 rings (SSSR count). The van der Waals surface area contributed by atoms with E-state index in [9.17, 15) is 0 Å². The van der Waals surface area contributed by atoms with E-state index in [-0.39, 0.29) is 0 Å². The van der Waals surface area contributed by atoms with Gasteiger partial charge in [0.25, 0.3) is 0 Å². The first-order valence-electron chi connectivity index (χ1n) is 13.8. The summed E-state index contributed by atoms with van der Waals surface area (Å²) in [5.74, 6) is 6.50. The van der Waals surface area contributed by atoms with Crippen LogP contribution in [0.2, 0.25) is 0 Å². The van der Waals surface area contributed by atoms with Gasteiger partial charge in [-0.1, -0.05) is 129 Å². The Labute approximate surface area is 178 Å². The van der Waals surface area contributed by atoms with Crippen LogP contribution in [0.3, 0.4) is 0 Å². The van der Waals surface area contributed by atoms with Crippen LogP contribution < -0.4 is 0 Å². The third-order valence-electron chi connectivity index (χ3n) is 9.22. The summed E-state index contributed by atoms with van der Waals surface area (Å²) in [5, 5.41) is 0. The van der Waals surface area contributed by atoms with Crippen molar-refractivity contribution < 1.29 is 0 Å². The Morgan fingerprint density at radius 2 is 1.00 bits per heavy atom. The molecule has 0 saturated heterocycles. The van der Waals surface area contributed by atoms with Crippen molar-refractivity contribution in [1.82, 2.24) is 0 Å². The summed E-state index contributed by atoms with van der Waals surface area (Å²) in [6.07, 6.45) is 30.8. The largest absolute Gasteiger partial charge is 0.0654 e. The van der Waals surface area contributed by atoms with Crippen molar-refractivity contribution in [1.29, 1.82) is 0 Å². The van der Waals surface area contributed by atoms with Crippen LogP contribution in [0, 0.1) is 35.5 Å². The minimum absolute atomic E-state index is 1.08. The van der Waals surface area contributed by atoms with Gasteiger partial charge < -0.3 is 0 Å². The van der Waals surface area contributed by atoms with Gasteiger partial charge in [0, 0.05) is 0 Å². The number of hydrogen-bond acceptors (Lipinski definition) is 0. The van der Waals surface area contributed by atoms with Crippen molar-refractivity contribution in [3.8, 4) is 0 Å². The fraction of sp³-hybridized carbons (Fsp3) is 1.00. The molecular formula is C28H52. The van der Waals surface area contributed by atoms with Crippen molar-refractivity contribution in [2.45, 2.75) is 142 Å². The van der Waals surface area contributed by atoms with E-state index >= 15 is 0 Å². The smallest absolute Gasteiger partial charge is 0.0383 e. The lowest BCUT2D eigenvalue weighted by Crippen LogP contribution is -2.24. The Hall–Kier alpha value is 0. The second kappa shape index (κ2) is 12.6. The lowest BCUT2D eigenvalue weighted by atomic mass is 9.69. The van der Waals surface area contributed by atoms with Crippen molar-refractivity contribution in [3.63, 3.8) is 0 Å². The molecule has 0 aliphatic heterocycles. The monoisotopic (exact) mass is 388 g/mol. The third-order valence-corrected chi connectivity index (χ3v) is 9.22. The molecule has 0 radical (unpaired) electrons. The maximum absolute atomic E-state index is 2.38. The Kier molecular flexibility index (Phi) is 10.2. The zero-order valence-electron chi connectivity index (χ0n) is 19.6. The molecule has 0 aromatic heterocycles. The minimum atomic E-state index is 1.08. The lowest BCUT2D eigenvalue weighted by molar-refractivity contribution is 0.149. The van der Waals surface area contributed by atoms with Gasteiger partial charge >= 0.3 is 0 Å². The molecule has 0 nitrogen and oxygen atoms in total. The van der Waals surface area contributed by atoms with Gasteiger partial charge in [-0.2, -0.15) is 0 Å². The van der Waals surface area contributed by atoms with Gasteiger partial charge in [-0.05, 0) is 48.3 Å². The summed E-state index contributed by atoms with van der Waals surface area (Å²) in [4.78, 5) is 0. The van der Waals surface area contributed by atoms with Crippen LogP contribution in [0.25, 0.3) is 0 Å². The topological polar surface area (TPSA) is 0 Å². The predicted molar refractivity (Wildman–Crippen MR) is 125 cm³/mol. The second-order valence-electron chi connectivity index (χ2n) is 11.3. The van der Waals surface area contributed by atoms with Crippen LogP contribution in [-0.4, -0.2) is 0 Å². The molecule has 0 amide bonds. The van der Waals surface area contributed by atoms with Gasteiger partial charge in [0.15, 0.2) is 0 Å². The standard InChI is InChI=1S/C28H52/c1-3-8-23-12-14-25(15-13-23)20-21-28(27-10-6-5-7-11-27)22-26-18-16-24(9-4-2)17-19-26/h23-28H,3-22H2,1-2H3. The summed E-state index contributed by atoms with van der Waals surface area (Å²) < 4.78 is 0. The number of rotatable bonds is 10. The van der Waals surface area contributed by atoms with Crippen LogP contribution in [0.5, 0.6) is 0 Å². The Bertz CT molecular complexity index is 377. The van der Waals surface area contributed by atoms with E-state index in [0.29, 0.717) is 0 Å². The highest BCUT2D eigenvalue weighted by Crippen LogP contribution is 2.42. The number of hydrogen-bond donors (Lipinski definition) is 0. The molecule has 3 fully saturated rings. The molecule has 3 aliphatic rings. The summed E-state index contributed by atoms with van der Waals surface area (Å²) in [5.41, 5.74) is 0. The van der Waals surface area contributed by atoms with E-state index in [2.05, 4.69) is 13.8 Å². The van der Waals surface area contributed by atoms with Gasteiger partial charge in [0.05, 0.1) is 0 Å². The zero-order chi connectivity index (χ0) is 19.6. The average molecular weight is 389 g/mol. The Morgan fingerprint density at radius 1 is 0.536 bits per heavy atom. The van der Waals surface area contributed by atoms with Gasteiger partial charge in [-0.3, -0.25) is 0 Å². The molecule has 164 valence electrons. The Morgan fingerprint density at radius 3 is 1.50 bits per heavy atom. The first-order valence-corrected chi connectivity index (χ1v) is 13.8. The normalized spacial score (nSPS) is 33.6. The molecule has 0 N–H and O–H groups in total. The molecule has 0 spiro atoms. The van der Waals surface area contributed by atoms with Crippen LogP contribution in [-0.2, 0) is 0 Å². The van der Waals surface area contributed by atoms with E-state index < -0.39 is 0 Å². The molecule has 0 heterocycles. The molecule has 0 heteroatoms. The first-order chi connectivity index (χ1) is 13.8. The highest BCUT2D eigenvalue weighted by molar-refractivity contribution is 4.81. The third kappa shape index (κ3) is 7.36. The lowest BCUT2D eigenvalue weighted by Gasteiger charge is -2.37. The molecule has 0 bridgehead atoms. The van der Waals surface area contributed by atoms with E-state index in [4.69, 9.17) is 0 Å². The van der Waals surface area contributed by atoms with E-state index in [1.54, 1.807) is 83.5 Å². The maximum Gasteiger partial charge on any atom is -0.0383 e. The molecule has 28 heavy (non-hydrogen) atoms. The predicted octanol–water partition coefficient (Wildman–Crippen LogP) is 9.57. The Balaban J connectivity index is 1.44. The van der Waals surface area contributed by atoms with Crippen LogP contribution in [0.4, 0.5) is 0 Å². The van der Waals surface area contributed by atoms with Gasteiger partial charge in [0.2, 0.25) is 0 Å². The molecular weight excluding hydrogens is 336 g/mol. The second-order valence-corrected chi connectivity index (χ2v) is 11.3. The van der Waals surface area contributed by atoms with Gasteiger partial charge in [-0.25, -0.2) is 0 Å². The van der Waals surface area contributed by atoms with Gasteiger partial charge in [0.1, 0.15) is 0 Å². The van der Waals surface area contributed by atoms with Gasteiger partial charge in [-0.15, -0.1) is 0 Å². The van der Waals surface area contributed by atoms with Crippen LogP contribution in [0.15, 0.2) is 0 Å². The van der Waals surface area contributed by atoms with Crippen molar-refractivity contribution >= 4 is 0 Å². The molecule has 1 atom stereocenters. The van der Waals surface area contributed by atoms with Crippen LogP contribution in [0.1, 0.15) is 142 Å². The highest BCUT2D eigenvalue weighted by Gasteiger charge is 2.30. The molecule has 3 aliphatic carbocycles. The van der Waals surface area contributed by atoms with Crippen molar-refractivity contribution in [2.75, 3.05) is 0 Å². The van der Waals surface area contributed by atoms with E-state index in [0.717, 1.165) is 35.5 Å². The fourth-order valence-electron chi connectivity index (χ4n) is 7.41. The van der Waals surface area contributed by atoms with E-state index in [1.165, 1.54) is 44.9 Å². The van der Waals surface area contributed by atoms with Crippen LogP contribution >= 0.6 is 0 Å². The van der Waals surface area contributed by atoms with Crippen molar-refractivity contribution in [3.05, 3.63) is 0 Å². The molecule has 0 aromatic rings. The van der Waals surface area contributed by atoms with E-state index in [1.807, 2.05) is 0 Å². The highest BCUT2D eigenvalue weighted by atomic mass is 14.4. The summed E-state index contributed by atoms with van der Waals surface area (Å²) >= 11 is 0. The molecule has 3 saturated carbocycles. The SMILES string of the molecule is CCCC1CCC(CCC(CC2CCC(CCC)CC2)C2CCCCC2)CC1. The molecule has 0 aromatic carbocycles. The first kappa shape index (κ1) is 22.7. The average Bonchev–Trinajstić information content (AvgIpc) is 2.74. The minimum Gasteiger partial charge on any atom is -0.0654 e.